The first-order valence-electron chi connectivity index (χ1n) is 5.49. The Balaban J connectivity index is 2.66. The number of hydrogen-bond donors (Lipinski definition) is 0. The molecular formula is C13H16BrNO. The molecule has 0 fully saturated rings. The van der Waals surface area contributed by atoms with Crippen LogP contribution in [0.25, 0.3) is 0 Å². The van der Waals surface area contributed by atoms with Crippen molar-refractivity contribution < 1.29 is 4.74 Å². The highest BCUT2D eigenvalue weighted by Gasteiger charge is 2.06. The van der Waals surface area contributed by atoms with E-state index in [0.717, 1.165) is 17.3 Å². The molecule has 0 aromatic heterocycles. The Bertz CT molecular complexity index is 384. The van der Waals surface area contributed by atoms with Crippen molar-refractivity contribution in [3.05, 3.63) is 28.2 Å². The van der Waals surface area contributed by atoms with Gasteiger partial charge in [0, 0.05) is 4.47 Å². The van der Waals surface area contributed by atoms with Crippen molar-refractivity contribution in [2.45, 2.75) is 26.7 Å². The fourth-order valence-corrected chi connectivity index (χ4v) is 1.86. The van der Waals surface area contributed by atoms with Gasteiger partial charge in [-0.3, -0.25) is 0 Å². The zero-order chi connectivity index (χ0) is 12.0. The molecule has 1 aromatic rings. The molecule has 1 aromatic carbocycles. The molecule has 0 aliphatic heterocycles. The first-order valence-corrected chi connectivity index (χ1v) is 6.29. The number of ether oxygens (including phenoxy) is 1. The quantitative estimate of drug-likeness (QED) is 0.813. The molecule has 0 radical (unpaired) electrons. The second kappa shape index (κ2) is 6.55. The van der Waals surface area contributed by atoms with Crippen LogP contribution in [0, 0.1) is 17.2 Å². The lowest BCUT2D eigenvalue weighted by atomic mass is 10.1. The van der Waals surface area contributed by atoms with E-state index in [0.29, 0.717) is 23.8 Å². The summed E-state index contributed by atoms with van der Waals surface area (Å²) in [7, 11) is 0. The van der Waals surface area contributed by atoms with Crippen molar-refractivity contribution in [2.24, 2.45) is 5.92 Å². The average molecular weight is 282 g/mol. The maximum atomic E-state index is 8.93. The third kappa shape index (κ3) is 3.86. The normalized spacial score (nSPS) is 11.9. The lowest BCUT2D eigenvalue weighted by Crippen LogP contribution is -2.08. The van der Waals surface area contributed by atoms with Crippen molar-refractivity contribution in [3.63, 3.8) is 0 Å². The average Bonchev–Trinajstić information content (AvgIpc) is 2.27. The van der Waals surface area contributed by atoms with Gasteiger partial charge < -0.3 is 4.74 Å². The number of nitriles is 1. The Morgan fingerprint density at radius 2 is 2.25 bits per heavy atom. The van der Waals surface area contributed by atoms with Crippen LogP contribution < -0.4 is 4.74 Å². The molecule has 1 rings (SSSR count). The van der Waals surface area contributed by atoms with E-state index in [-0.39, 0.29) is 0 Å². The molecule has 2 nitrogen and oxygen atoms in total. The van der Waals surface area contributed by atoms with Crippen molar-refractivity contribution >= 4 is 15.9 Å². The van der Waals surface area contributed by atoms with Gasteiger partial charge in [0.05, 0.1) is 12.2 Å². The van der Waals surface area contributed by atoms with E-state index in [1.54, 1.807) is 6.07 Å². The van der Waals surface area contributed by atoms with E-state index in [4.69, 9.17) is 10.00 Å². The summed E-state index contributed by atoms with van der Waals surface area (Å²) in [6.07, 6.45) is 2.31. The lowest BCUT2D eigenvalue weighted by Gasteiger charge is -2.13. The van der Waals surface area contributed by atoms with Gasteiger partial charge in [0.2, 0.25) is 0 Å². The number of rotatable bonds is 5. The molecule has 0 N–H and O–H groups in total. The molecular weight excluding hydrogens is 266 g/mol. The summed E-state index contributed by atoms with van der Waals surface area (Å²) in [6.45, 7) is 4.99. The molecule has 3 heteroatoms. The number of nitrogens with zero attached hydrogens (tertiary/aromatic N) is 1. The van der Waals surface area contributed by atoms with Gasteiger partial charge in [-0.15, -0.1) is 0 Å². The molecule has 0 spiro atoms. The minimum absolute atomic E-state index is 0.524. The summed E-state index contributed by atoms with van der Waals surface area (Å²) in [5.41, 5.74) is 0.590. The minimum Gasteiger partial charge on any atom is -0.492 e. The molecule has 0 bridgehead atoms. The van der Waals surface area contributed by atoms with Crippen molar-refractivity contribution in [1.82, 2.24) is 0 Å². The van der Waals surface area contributed by atoms with Crippen LogP contribution in [-0.4, -0.2) is 6.61 Å². The summed E-state index contributed by atoms with van der Waals surface area (Å²) < 4.78 is 6.61. The van der Waals surface area contributed by atoms with Crippen LogP contribution in [0.2, 0.25) is 0 Å². The lowest BCUT2D eigenvalue weighted by molar-refractivity contribution is 0.251. The molecule has 0 amide bonds. The summed E-state index contributed by atoms with van der Waals surface area (Å²) >= 11 is 3.37. The van der Waals surface area contributed by atoms with E-state index >= 15 is 0 Å². The van der Waals surface area contributed by atoms with Gasteiger partial charge in [0.15, 0.2) is 0 Å². The summed E-state index contributed by atoms with van der Waals surface area (Å²) in [4.78, 5) is 0. The van der Waals surface area contributed by atoms with Gasteiger partial charge in [-0.05, 0) is 30.5 Å². The monoisotopic (exact) mass is 281 g/mol. The first-order chi connectivity index (χ1) is 7.67. The van der Waals surface area contributed by atoms with E-state index < -0.39 is 0 Å². The third-order valence-electron chi connectivity index (χ3n) is 2.37. The number of hydrogen-bond acceptors (Lipinski definition) is 2. The Morgan fingerprint density at radius 3 is 2.88 bits per heavy atom. The van der Waals surface area contributed by atoms with Crippen LogP contribution in [0.15, 0.2) is 22.7 Å². The fraction of sp³-hybridized carbons (Fsp3) is 0.462. The van der Waals surface area contributed by atoms with Gasteiger partial charge in [0.25, 0.3) is 0 Å². The second-order valence-electron chi connectivity index (χ2n) is 3.96. The van der Waals surface area contributed by atoms with Crippen LogP contribution in [0.1, 0.15) is 32.3 Å². The summed E-state index contributed by atoms with van der Waals surface area (Å²) in [6, 6.07) is 7.59. The van der Waals surface area contributed by atoms with Crippen LogP contribution in [0.5, 0.6) is 5.75 Å². The van der Waals surface area contributed by atoms with Crippen molar-refractivity contribution in [3.8, 4) is 11.8 Å². The first kappa shape index (κ1) is 13.1. The van der Waals surface area contributed by atoms with E-state index in [1.807, 2.05) is 12.1 Å². The summed E-state index contributed by atoms with van der Waals surface area (Å²) in [5.74, 6) is 1.19. The van der Waals surface area contributed by atoms with Gasteiger partial charge in [-0.25, -0.2) is 0 Å². The molecule has 0 aliphatic carbocycles. The smallest absolute Gasteiger partial charge is 0.138 e. The molecule has 0 saturated carbocycles. The van der Waals surface area contributed by atoms with E-state index in [2.05, 4.69) is 35.8 Å². The number of benzene rings is 1. The Hall–Kier alpha value is -1.01. The van der Waals surface area contributed by atoms with Gasteiger partial charge in [-0.1, -0.05) is 36.2 Å². The third-order valence-corrected chi connectivity index (χ3v) is 2.86. The Kier molecular flexibility index (Phi) is 5.34. The fourth-order valence-electron chi connectivity index (χ4n) is 1.52. The maximum Gasteiger partial charge on any atom is 0.138 e. The predicted octanol–water partition coefficient (Wildman–Crippen LogP) is 4.14. The predicted molar refractivity (Wildman–Crippen MR) is 68.4 cm³/mol. The van der Waals surface area contributed by atoms with Gasteiger partial charge >= 0.3 is 0 Å². The van der Waals surface area contributed by atoms with E-state index in [9.17, 15) is 0 Å². The number of halogens is 1. The zero-order valence-corrected chi connectivity index (χ0v) is 11.3. The highest BCUT2D eigenvalue weighted by Crippen LogP contribution is 2.23. The molecule has 0 saturated heterocycles. The molecule has 16 heavy (non-hydrogen) atoms. The standard InChI is InChI=1S/C13H16BrNO/c1-3-4-10(2)9-16-13-7-12(14)6-5-11(13)8-15/h5-7,10H,3-4,9H2,1-2H3. The van der Waals surface area contributed by atoms with Gasteiger partial charge in [-0.2, -0.15) is 5.26 Å². The Labute approximate surface area is 105 Å². The van der Waals surface area contributed by atoms with Crippen LogP contribution in [0.4, 0.5) is 0 Å². The molecule has 0 heterocycles. The van der Waals surface area contributed by atoms with Crippen LogP contribution in [0.3, 0.4) is 0 Å². The zero-order valence-electron chi connectivity index (χ0n) is 9.66. The Morgan fingerprint density at radius 1 is 1.50 bits per heavy atom. The van der Waals surface area contributed by atoms with Crippen LogP contribution >= 0.6 is 15.9 Å². The highest BCUT2D eigenvalue weighted by atomic mass is 79.9. The van der Waals surface area contributed by atoms with Gasteiger partial charge in [0.1, 0.15) is 11.8 Å². The molecule has 0 aliphatic rings. The molecule has 86 valence electrons. The minimum atomic E-state index is 0.524. The maximum absolute atomic E-state index is 8.93. The second-order valence-corrected chi connectivity index (χ2v) is 4.87. The largest absolute Gasteiger partial charge is 0.492 e. The summed E-state index contributed by atoms with van der Waals surface area (Å²) in [5, 5.41) is 8.93. The van der Waals surface area contributed by atoms with Crippen molar-refractivity contribution in [1.29, 1.82) is 5.26 Å². The molecule has 1 atom stereocenters. The highest BCUT2D eigenvalue weighted by molar-refractivity contribution is 9.10. The van der Waals surface area contributed by atoms with Crippen molar-refractivity contribution in [2.75, 3.05) is 6.61 Å². The van der Waals surface area contributed by atoms with E-state index in [1.165, 1.54) is 0 Å². The molecule has 1 unspecified atom stereocenters. The SMILES string of the molecule is CCCC(C)COc1cc(Br)ccc1C#N. The van der Waals surface area contributed by atoms with Crippen LogP contribution in [-0.2, 0) is 0 Å². The topological polar surface area (TPSA) is 33.0 Å².